The van der Waals surface area contributed by atoms with Crippen molar-refractivity contribution in [1.82, 2.24) is 4.98 Å². The maximum atomic E-state index is 4.59. The van der Waals surface area contributed by atoms with Crippen molar-refractivity contribution in [2.45, 2.75) is 6.92 Å². The average molecular weight is 319 g/mol. The molecule has 0 aliphatic heterocycles. The molecule has 4 heteroatoms. The number of rotatable bonds is 2. The number of nitrogens with one attached hydrogen (secondary N) is 1. The van der Waals surface area contributed by atoms with E-state index in [1.165, 1.54) is 10.3 Å². The Hall–Kier alpha value is -1.39. The lowest BCUT2D eigenvalue weighted by atomic mass is 10.2. The first-order valence-corrected chi connectivity index (χ1v) is 7.21. The Morgan fingerprint density at radius 3 is 2.89 bits per heavy atom. The predicted molar refractivity (Wildman–Crippen MR) is 81.8 cm³/mol. The van der Waals surface area contributed by atoms with Crippen LogP contribution in [0.15, 0.2) is 46.9 Å². The molecular weight excluding hydrogens is 308 g/mol. The Morgan fingerprint density at radius 1 is 1.17 bits per heavy atom. The van der Waals surface area contributed by atoms with Gasteiger partial charge in [-0.3, -0.25) is 0 Å². The van der Waals surface area contributed by atoms with Crippen LogP contribution in [0.25, 0.3) is 10.2 Å². The van der Waals surface area contributed by atoms with Gasteiger partial charge in [0.1, 0.15) is 0 Å². The molecule has 0 saturated carbocycles. The van der Waals surface area contributed by atoms with Gasteiger partial charge in [-0.1, -0.05) is 39.4 Å². The highest BCUT2D eigenvalue weighted by Gasteiger charge is 2.04. The van der Waals surface area contributed by atoms with E-state index in [-0.39, 0.29) is 0 Å². The molecule has 0 amide bonds. The molecule has 0 bridgehead atoms. The molecule has 0 saturated heterocycles. The van der Waals surface area contributed by atoms with E-state index in [1.54, 1.807) is 11.3 Å². The Bertz CT molecular complexity index is 706. The van der Waals surface area contributed by atoms with Gasteiger partial charge >= 0.3 is 0 Å². The van der Waals surface area contributed by atoms with Crippen LogP contribution >= 0.6 is 27.3 Å². The SMILES string of the molecule is Cc1ccc2sc(Nc3cccc(Br)c3)nc2c1. The number of thiazole rings is 1. The fraction of sp³-hybridized carbons (Fsp3) is 0.0714. The number of hydrogen-bond acceptors (Lipinski definition) is 3. The third-order valence-electron chi connectivity index (χ3n) is 2.62. The second kappa shape index (κ2) is 4.71. The largest absolute Gasteiger partial charge is 0.331 e. The van der Waals surface area contributed by atoms with Crippen LogP contribution < -0.4 is 5.32 Å². The average Bonchev–Trinajstić information content (AvgIpc) is 2.70. The van der Waals surface area contributed by atoms with Gasteiger partial charge in [0.2, 0.25) is 0 Å². The summed E-state index contributed by atoms with van der Waals surface area (Å²) in [6, 6.07) is 14.4. The molecule has 0 unspecified atom stereocenters. The Kier molecular flexibility index (Phi) is 3.06. The lowest BCUT2D eigenvalue weighted by Crippen LogP contribution is -1.88. The highest BCUT2D eigenvalue weighted by molar-refractivity contribution is 9.10. The zero-order chi connectivity index (χ0) is 12.5. The molecule has 0 aliphatic carbocycles. The van der Waals surface area contributed by atoms with Gasteiger partial charge in [0.25, 0.3) is 0 Å². The van der Waals surface area contributed by atoms with Crippen molar-refractivity contribution in [3.8, 4) is 0 Å². The summed E-state index contributed by atoms with van der Waals surface area (Å²) in [4.78, 5) is 4.59. The van der Waals surface area contributed by atoms with E-state index in [0.717, 1.165) is 20.8 Å². The Balaban J connectivity index is 1.95. The lowest BCUT2D eigenvalue weighted by Gasteiger charge is -2.01. The van der Waals surface area contributed by atoms with Crippen LogP contribution in [0, 0.1) is 6.92 Å². The molecule has 0 radical (unpaired) electrons. The number of anilines is 2. The van der Waals surface area contributed by atoms with E-state index in [4.69, 9.17) is 0 Å². The van der Waals surface area contributed by atoms with Crippen molar-refractivity contribution in [1.29, 1.82) is 0 Å². The number of halogens is 1. The standard InChI is InChI=1S/C14H11BrN2S/c1-9-5-6-13-12(7-9)17-14(18-13)16-11-4-2-3-10(15)8-11/h2-8H,1H3,(H,16,17). The first-order chi connectivity index (χ1) is 8.70. The summed E-state index contributed by atoms with van der Waals surface area (Å²) in [5, 5.41) is 4.26. The van der Waals surface area contributed by atoms with Gasteiger partial charge in [0.05, 0.1) is 10.2 Å². The van der Waals surface area contributed by atoms with Gasteiger partial charge < -0.3 is 5.32 Å². The van der Waals surface area contributed by atoms with Crippen molar-refractivity contribution in [3.63, 3.8) is 0 Å². The minimum absolute atomic E-state index is 0.925. The third kappa shape index (κ3) is 2.40. The maximum absolute atomic E-state index is 4.59. The second-order valence-electron chi connectivity index (χ2n) is 4.13. The van der Waals surface area contributed by atoms with Gasteiger partial charge in [-0.15, -0.1) is 0 Å². The van der Waals surface area contributed by atoms with Crippen molar-refractivity contribution >= 4 is 48.3 Å². The number of benzene rings is 2. The summed E-state index contributed by atoms with van der Waals surface area (Å²) in [6.45, 7) is 2.08. The topological polar surface area (TPSA) is 24.9 Å². The fourth-order valence-corrected chi connectivity index (χ4v) is 3.05. The smallest absolute Gasteiger partial charge is 0.188 e. The molecule has 3 aromatic rings. The number of aromatic nitrogens is 1. The van der Waals surface area contributed by atoms with Crippen molar-refractivity contribution in [3.05, 3.63) is 52.5 Å². The van der Waals surface area contributed by atoms with Crippen molar-refractivity contribution < 1.29 is 0 Å². The van der Waals surface area contributed by atoms with Gasteiger partial charge in [-0.25, -0.2) is 4.98 Å². The molecule has 1 heterocycles. The number of nitrogens with zero attached hydrogens (tertiary/aromatic N) is 1. The highest BCUT2D eigenvalue weighted by atomic mass is 79.9. The summed E-state index contributed by atoms with van der Waals surface area (Å²) in [6.07, 6.45) is 0. The van der Waals surface area contributed by atoms with Gasteiger partial charge in [-0.2, -0.15) is 0 Å². The zero-order valence-corrected chi connectivity index (χ0v) is 12.2. The molecule has 1 N–H and O–H groups in total. The van der Waals surface area contributed by atoms with Crippen LogP contribution in [-0.2, 0) is 0 Å². The summed E-state index contributed by atoms with van der Waals surface area (Å²) in [5.74, 6) is 0. The molecule has 0 fully saturated rings. The minimum atomic E-state index is 0.925. The zero-order valence-electron chi connectivity index (χ0n) is 9.77. The van der Waals surface area contributed by atoms with Crippen LogP contribution in [0.1, 0.15) is 5.56 Å². The summed E-state index contributed by atoms with van der Waals surface area (Å²) in [5.41, 5.74) is 3.33. The lowest BCUT2D eigenvalue weighted by molar-refractivity contribution is 1.42. The normalized spacial score (nSPS) is 10.8. The minimum Gasteiger partial charge on any atom is -0.331 e. The Labute approximate surface area is 118 Å². The van der Waals surface area contributed by atoms with E-state index in [0.29, 0.717) is 0 Å². The third-order valence-corrected chi connectivity index (χ3v) is 4.06. The second-order valence-corrected chi connectivity index (χ2v) is 6.07. The molecule has 2 nitrogen and oxygen atoms in total. The van der Waals surface area contributed by atoms with Gasteiger partial charge in [0.15, 0.2) is 5.13 Å². The van der Waals surface area contributed by atoms with Gasteiger partial charge in [-0.05, 0) is 42.8 Å². The first kappa shape index (κ1) is 11.7. The first-order valence-electron chi connectivity index (χ1n) is 5.60. The maximum Gasteiger partial charge on any atom is 0.188 e. The summed E-state index contributed by atoms with van der Waals surface area (Å²) < 4.78 is 2.27. The fourth-order valence-electron chi connectivity index (χ4n) is 1.78. The molecule has 90 valence electrons. The van der Waals surface area contributed by atoms with E-state index >= 15 is 0 Å². The van der Waals surface area contributed by atoms with Crippen molar-refractivity contribution in [2.24, 2.45) is 0 Å². The van der Waals surface area contributed by atoms with Crippen LogP contribution in [0.3, 0.4) is 0 Å². The predicted octanol–water partition coefficient (Wildman–Crippen LogP) is 5.11. The van der Waals surface area contributed by atoms with Crippen LogP contribution in [0.4, 0.5) is 10.8 Å². The molecule has 18 heavy (non-hydrogen) atoms. The molecule has 3 rings (SSSR count). The molecule has 2 aromatic carbocycles. The van der Waals surface area contributed by atoms with Crippen molar-refractivity contribution in [2.75, 3.05) is 5.32 Å². The van der Waals surface area contributed by atoms with E-state index in [9.17, 15) is 0 Å². The molecule has 0 spiro atoms. The van der Waals surface area contributed by atoms with Gasteiger partial charge in [0, 0.05) is 10.2 Å². The number of fused-ring (bicyclic) bond motifs is 1. The van der Waals surface area contributed by atoms with Crippen LogP contribution in [0.2, 0.25) is 0 Å². The van der Waals surface area contributed by atoms with E-state index in [2.05, 4.69) is 51.4 Å². The Morgan fingerprint density at radius 2 is 2.06 bits per heavy atom. The van der Waals surface area contributed by atoms with E-state index < -0.39 is 0 Å². The molecular formula is C14H11BrN2S. The monoisotopic (exact) mass is 318 g/mol. The number of hydrogen-bond donors (Lipinski definition) is 1. The van der Waals surface area contributed by atoms with Crippen LogP contribution in [0.5, 0.6) is 0 Å². The molecule has 0 atom stereocenters. The summed E-state index contributed by atoms with van der Waals surface area (Å²) >= 11 is 5.13. The van der Waals surface area contributed by atoms with Crippen LogP contribution in [-0.4, -0.2) is 4.98 Å². The summed E-state index contributed by atoms with van der Waals surface area (Å²) in [7, 11) is 0. The molecule has 0 aliphatic rings. The van der Waals surface area contributed by atoms with E-state index in [1.807, 2.05) is 24.3 Å². The molecule has 1 aromatic heterocycles. The quantitative estimate of drug-likeness (QED) is 0.710. The highest BCUT2D eigenvalue weighted by Crippen LogP contribution is 2.29. The number of aryl methyl sites for hydroxylation is 1.